The van der Waals surface area contributed by atoms with Gasteiger partial charge in [0.2, 0.25) is 5.91 Å². The highest BCUT2D eigenvalue weighted by molar-refractivity contribution is 5.84. The van der Waals surface area contributed by atoms with Gasteiger partial charge in [-0.05, 0) is 13.8 Å². The van der Waals surface area contributed by atoms with Crippen molar-refractivity contribution in [2.45, 2.75) is 26.7 Å². The maximum atomic E-state index is 12.3. The van der Waals surface area contributed by atoms with Gasteiger partial charge in [-0.2, -0.15) is 0 Å². The molecule has 0 spiro atoms. The third kappa shape index (κ3) is 7.55. The fraction of sp³-hybridized carbons (Fsp3) is 0.867. The fourth-order valence-electron chi connectivity index (χ4n) is 2.24. The summed E-state index contributed by atoms with van der Waals surface area (Å²) in [6.07, 6.45) is 0.979. The molecule has 1 fully saturated rings. The van der Waals surface area contributed by atoms with Crippen LogP contribution in [0.15, 0.2) is 0 Å². The van der Waals surface area contributed by atoms with Crippen LogP contribution < -0.4 is 0 Å². The van der Waals surface area contributed by atoms with E-state index in [1.807, 2.05) is 13.8 Å². The quantitative estimate of drug-likeness (QED) is 0.552. The molecule has 0 aliphatic carbocycles. The van der Waals surface area contributed by atoms with E-state index in [0.29, 0.717) is 58.9 Å². The Balaban J connectivity index is 2.37. The summed E-state index contributed by atoms with van der Waals surface area (Å²) in [5, 5.41) is 0. The molecule has 0 unspecified atom stereocenters. The monoisotopic (exact) mass is 300 g/mol. The van der Waals surface area contributed by atoms with E-state index in [0.717, 1.165) is 13.1 Å². The zero-order valence-corrected chi connectivity index (χ0v) is 13.3. The van der Waals surface area contributed by atoms with Crippen LogP contribution in [0.25, 0.3) is 0 Å². The Kier molecular flexibility index (Phi) is 9.21. The van der Waals surface area contributed by atoms with E-state index in [1.165, 1.54) is 0 Å². The first-order valence-corrected chi connectivity index (χ1v) is 7.84. The van der Waals surface area contributed by atoms with Crippen LogP contribution in [0, 0.1) is 0 Å². The highest BCUT2D eigenvalue weighted by Gasteiger charge is 2.22. The SMILES string of the molecule is CCOCCN(CCOCC)CC(=O)N1CCC(=O)CC1. The summed E-state index contributed by atoms with van der Waals surface area (Å²) in [6, 6.07) is 0. The third-order valence-corrected chi connectivity index (χ3v) is 3.54. The maximum absolute atomic E-state index is 12.3. The summed E-state index contributed by atoms with van der Waals surface area (Å²) in [7, 11) is 0. The summed E-state index contributed by atoms with van der Waals surface area (Å²) in [6.45, 7) is 9.45. The molecule has 1 rings (SSSR count). The standard InChI is InChI=1S/C15H28N2O4/c1-3-20-11-9-16(10-12-21-4-2)13-15(19)17-7-5-14(18)6-8-17/h3-13H2,1-2H3. The predicted octanol–water partition coefficient (Wildman–Crippen LogP) is 0.553. The number of ketones is 1. The minimum atomic E-state index is 0.0931. The van der Waals surface area contributed by atoms with Gasteiger partial charge >= 0.3 is 0 Å². The molecule has 122 valence electrons. The zero-order valence-electron chi connectivity index (χ0n) is 13.3. The second-order valence-electron chi connectivity index (χ2n) is 5.09. The maximum Gasteiger partial charge on any atom is 0.236 e. The van der Waals surface area contributed by atoms with Crippen molar-refractivity contribution >= 4 is 11.7 Å². The minimum Gasteiger partial charge on any atom is -0.380 e. The number of likely N-dealkylation sites (tertiary alicyclic amines) is 1. The molecule has 6 heteroatoms. The Morgan fingerprint density at radius 1 is 1.10 bits per heavy atom. The van der Waals surface area contributed by atoms with E-state index in [9.17, 15) is 9.59 Å². The van der Waals surface area contributed by atoms with Crippen molar-refractivity contribution in [1.29, 1.82) is 0 Å². The average molecular weight is 300 g/mol. The molecule has 0 atom stereocenters. The molecule has 21 heavy (non-hydrogen) atoms. The molecule has 1 saturated heterocycles. The molecule has 1 aliphatic rings. The van der Waals surface area contributed by atoms with E-state index in [1.54, 1.807) is 4.90 Å². The van der Waals surface area contributed by atoms with Gasteiger partial charge in [0.25, 0.3) is 0 Å². The lowest BCUT2D eigenvalue weighted by Gasteiger charge is -2.29. The van der Waals surface area contributed by atoms with E-state index in [4.69, 9.17) is 9.47 Å². The van der Waals surface area contributed by atoms with Crippen molar-refractivity contribution in [3.8, 4) is 0 Å². The van der Waals surface area contributed by atoms with Gasteiger partial charge in [0.1, 0.15) is 5.78 Å². The van der Waals surface area contributed by atoms with Crippen LogP contribution in [0.3, 0.4) is 0 Å². The van der Waals surface area contributed by atoms with Gasteiger partial charge in [0.05, 0.1) is 19.8 Å². The Hall–Kier alpha value is -0.980. The number of nitrogens with zero attached hydrogens (tertiary/aromatic N) is 2. The molecule has 0 N–H and O–H groups in total. The van der Waals surface area contributed by atoms with Gasteiger partial charge in [0.15, 0.2) is 0 Å². The number of hydrogen-bond donors (Lipinski definition) is 0. The van der Waals surface area contributed by atoms with E-state index in [-0.39, 0.29) is 11.7 Å². The molecule has 1 heterocycles. The molecule has 0 aromatic carbocycles. The lowest BCUT2D eigenvalue weighted by molar-refractivity contribution is -0.135. The first-order chi connectivity index (χ1) is 10.2. The predicted molar refractivity (Wildman–Crippen MR) is 80.2 cm³/mol. The largest absolute Gasteiger partial charge is 0.380 e. The zero-order chi connectivity index (χ0) is 15.5. The topological polar surface area (TPSA) is 59.1 Å². The number of hydrogen-bond acceptors (Lipinski definition) is 5. The van der Waals surface area contributed by atoms with Crippen LogP contribution in [0.5, 0.6) is 0 Å². The van der Waals surface area contributed by atoms with Gasteiger partial charge in [-0.1, -0.05) is 0 Å². The molecule has 0 bridgehead atoms. The van der Waals surface area contributed by atoms with Gasteiger partial charge in [-0.3, -0.25) is 14.5 Å². The molecule has 6 nitrogen and oxygen atoms in total. The highest BCUT2D eigenvalue weighted by atomic mass is 16.5. The number of rotatable bonds is 10. The number of ether oxygens (including phenoxy) is 2. The Labute approximate surface area is 127 Å². The average Bonchev–Trinajstić information content (AvgIpc) is 2.48. The summed E-state index contributed by atoms with van der Waals surface area (Å²) in [4.78, 5) is 27.3. The first-order valence-electron chi connectivity index (χ1n) is 7.84. The second-order valence-corrected chi connectivity index (χ2v) is 5.09. The summed E-state index contributed by atoms with van der Waals surface area (Å²) in [5.41, 5.74) is 0. The van der Waals surface area contributed by atoms with Crippen molar-refractivity contribution < 1.29 is 19.1 Å². The first kappa shape index (κ1) is 18.1. The van der Waals surface area contributed by atoms with Crippen LogP contribution in [-0.2, 0) is 19.1 Å². The highest BCUT2D eigenvalue weighted by Crippen LogP contribution is 2.06. The van der Waals surface area contributed by atoms with Gasteiger partial charge in [0, 0.05) is 52.2 Å². The van der Waals surface area contributed by atoms with Crippen molar-refractivity contribution in [2.24, 2.45) is 0 Å². The number of carbonyl (C=O) groups excluding carboxylic acids is 2. The van der Waals surface area contributed by atoms with Crippen molar-refractivity contribution in [2.75, 3.05) is 59.2 Å². The van der Waals surface area contributed by atoms with Gasteiger partial charge in [-0.15, -0.1) is 0 Å². The molecule has 0 aromatic rings. The number of piperidine rings is 1. The molecule has 1 amide bonds. The Bertz CT molecular complexity index is 303. The fourth-order valence-corrected chi connectivity index (χ4v) is 2.24. The lowest BCUT2D eigenvalue weighted by Crippen LogP contribution is -2.45. The van der Waals surface area contributed by atoms with Crippen molar-refractivity contribution in [3.05, 3.63) is 0 Å². The second kappa shape index (κ2) is 10.7. The number of Topliss-reactive ketones (excluding diaryl/α,β-unsaturated/α-hetero) is 1. The third-order valence-electron chi connectivity index (χ3n) is 3.54. The normalized spacial score (nSPS) is 15.8. The van der Waals surface area contributed by atoms with Crippen LogP contribution >= 0.6 is 0 Å². The molecule has 1 aliphatic heterocycles. The summed E-state index contributed by atoms with van der Waals surface area (Å²) >= 11 is 0. The van der Waals surface area contributed by atoms with Crippen LogP contribution in [-0.4, -0.2) is 80.6 Å². The molecular formula is C15H28N2O4. The Morgan fingerprint density at radius 3 is 2.10 bits per heavy atom. The lowest BCUT2D eigenvalue weighted by atomic mass is 10.1. The van der Waals surface area contributed by atoms with Gasteiger partial charge in [-0.25, -0.2) is 0 Å². The molecule has 0 radical (unpaired) electrons. The van der Waals surface area contributed by atoms with Gasteiger partial charge < -0.3 is 14.4 Å². The number of amides is 1. The van der Waals surface area contributed by atoms with Crippen molar-refractivity contribution in [3.63, 3.8) is 0 Å². The smallest absolute Gasteiger partial charge is 0.236 e. The molecular weight excluding hydrogens is 272 g/mol. The van der Waals surface area contributed by atoms with Crippen LogP contribution in [0.4, 0.5) is 0 Å². The summed E-state index contributed by atoms with van der Waals surface area (Å²) < 4.78 is 10.7. The van der Waals surface area contributed by atoms with E-state index in [2.05, 4.69) is 4.90 Å². The molecule has 0 saturated carbocycles. The summed E-state index contributed by atoms with van der Waals surface area (Å²) in [5.74, 6) is 0.346. The molecule has 0 aromatic heterocycles. The Morgan fingerprint density at radius 2 is 1.62 bits per heavy atom. The minimum absolute atomic E-state index is 0.0931. The van der Waals surface area contributed by atoms with Crippen LogP contribution in [0.1, 0.15) is 26.7 Å². The van der Waals surface area contributed by atoms with E-state index < -0.39 is 0 Å². The van der Waals surface area contributed by atoms with Crippen molar-refractivity contribution in [1.82, 2.24) is 9.80 Å². The van der Waals surface area contributed by atoms with E-state index >= 15 is 0 Å². The van der Waals surface area contributed by atoms with Crippen LogP contribution in [0.2, 0.25) is 0 Å². The number of carbonyl (C=O) groups is 2.